The first-order chi connectivity index (χ1) is 8.96. The molecule has 0 spiro atoms. The van der Waals surface area contributed by atoms with Crippen molar-refractivity contribution in [2.24, 2.45) is 10.7 Å². The topological polar surface area (TPSA) is 59.6 Å². The highest BCUT2D eigenvalue weighted by atomic mass is 127. The highest BCUT2D eigenvalue weighted by molar-refractivity contribution is 14.0. The van der Waals surface area contributed by atoms with Crippen molar-refractivity contribution < 1.29 is 4.74 Å². The van der Waals surface area contributed by atoms with Crippen molar-refractivity contribution in [3.8, 4) is 5.75 Å². The molecule has 1 unspecified atom stereocenters. The fraction of sp³-hybridized carbons (Fsp3) is 0.533. The molecule has 4 nitrogen and oxygen atoms in total. The summed E-state index contributed by atoms with van der Waals surface area (Å²) >= 11 is 0. The third kappa shape index (κ3) is 4.85. The zero-order valence-corrected chi connectivity index (χ0v) is 14.7. The number of guanidine groups is 1. The molecular weight excluding hydrogens is 365 g/mol. The predicted molar refractivity (Wildman–Crippen MR) is 94.1 cm³/mol. The molecular formula is C15H24IN3O. The quantitative estimate of drug-likeness (QED) is 0.465. The van der Waals surface area contributed by atoms with Gasteiger partial charge in [0.2, 0.25) is 0 Å². The Morgan fingerprint density at radius 3 is 2.80 bits per heavy atom. The number of fused-ring (bicyclic) bond motifs is 1. The lowest BCUT2D eigenvalue weighted by Crippen LogP contribution is -2.45. The predicted octanol–water partition coefficient (Wildman–Crippen LogP) is 2.87. The standard InChI is InChI=1S/C15H23N3O.HI/c1-15(2,3)18-14(16)17-10-11-8-9-19-13-7-5-4-6-12(11)13;/h4-7,11H,8-10H2,1-3H3,(H3,16,17,18);1H. The number of ether oxygens (including phenoxy) is 1. The highest BCUT2D eigenvalue weighted by Crippen LogP contribution is 2.33. The molecule has 0 radical (unpaired) electrons. The molecule has 20 heavy (non-hydrogen) atoms. The van der Waals surface area contributed by atoms with Crippen LogP contribution in [0.25, 0.3) is 0 Å². The van der Waals surface area contributed by atoms with E-state index in [0.29, 0.717) is 18.4 Å². The van der Waals surface area contributed by atoms with Crippen molar-refractivity contribution in [2.45, 2.75) is 38.6 Å². The van der Waals surface area contributed by atoms with Crippen LogP contribution in [0.1, 0.15) is 38.7 Å². The summed E-state index contributed by atoms with van der Waals surface area (Å²) < 4.78 is 5.65. The minimum absolute atomic E-state index is 0. The zero-order chi connectivity index (χ0) is 13.9. The van der Waals surface area contributed by atoms with Crippen LogP contribution in [0.15, 0.2) is 29.3 Å². The van der Waals surface area contributed by atoms with Gasteiger partial charge in [0.1, 0.15) is 5.75 Å². The van der Waals surface area contributed by atoms with Gasteiger partial charge in [-0.2, -0.15) is 0 Å². The molecule has 1 aliphatic rings. The first-order valence-electron chi connectivity index (χ1n) is 6.75. The average molecular weight is 389 g/mol. The summed E-state index contributed by atoms with van der Waals surface area (Å²) in [5.74, 6) is 1.89. The molecule has 0 saturated carbocycles. The van der Waals surface area contributed by atoms with Gasteiger partial charge in [-0.15, -0.1) is 24.0 Å². The van der Waals surface area contributed by atoms with Gasteiger partial charge in [-0.05, 0) is 38.8 Å². The van der Waals surface area contributed by atoms with Gasteiger partial charge < -0.3 is 15.8 Å². The Kier molecular flexibility index (Phi) is 6.10. The lowest BCUT2D eigenvalue weighted by Gasteiger charge is -2.25. The van der Waals surface area contributed by atoms with Crippen LogP contribution in [0, 0.1) is 0 Å². The van der Waals surface area contributed by atoms with Crippen LogP contribution in [0.3, 0.4) is 0 Å². The zero-order valence-electron chi connectivity index (χ0n) is 12.3. The normalized spacial score (nSPS) is 18.6. The van der Waals surface area contributed by atoms with Crippen molar-refractivity contribution in [1.82, 2.24) is 5.32 Å². The molecule has 1 atom stereocenters. The third-order valence-corrected chi connectivity index (χ3v) is 3.07. The van der Waals surface area contributed by atoms with Crippen LogP contribution < -0.4 is 15.8 Å². The number of nitrogens with zero attached hydrogens (tertiary/aromatic N) is 1. The first kappa shape index (κ1) is 17.1. The Hall–Kier alpha value is -0.980. The minimum Gasteiger partial charge on any atom is -0.493 e. The number of para-hydroxylation sites is 1. The number of nitrogens with one attached hydrogen (secondary N) is 1. The number of hydrogen-bond acceptors (Lipinski definition) is 2. The second-order valence-electron chi connectivity index (χ2n) is 5.97. The average Bonchev–Trinajstić information content (AvgIpc) is 2.34. The van der Waals surface area contributed by atoms with Gasteiger partial charge in [-0.3, -0.25) is 4.99 Å². The Balaban J connectivity index is 0.00000200. The third-order valence-electron chi connectivity index (χ3n) is 3.07. The molecule has 112 valence electrons. The summed E-state index contributed by atoms with van der Waals surface area (Å²) in [5, 5.41) is 3.18. The number of rotatable bonds is 2. The van der Waals surface area contributed by atoms with E-state index in [2.05, 4.69) is 37.1 Å². The van der Waals surface area contributed by atoms with Crippen LogP contribution in [-0.2, 0) is 0 Å². The van der Waals surface area contributed by atoms with Crippen molar-refractivity contribution >= 4 is 29.9 Å². The van der Waals surface area contributed by atoms with E-state index in [1.54, 1.807) is 0 Å². The van der Waals surface area contributed by atoms with Gasteiger partial charge in [-0.1, -0.05) is 18.2 Å². The van der Waals surface area contributed by atoms with E-state index < -0.39 is 0 Å². The van der Waals surface area contributed by atoms with Gasteiger partial charge in [0, 0.05) is 18.0 Å². The maximum absolute atomic E-state index is 5.90. The molecule has 1 aromatic carbocycles. The van der Waals surface area contributed by atoms with Gasteiger partial charge in [-0.25, -0.2) is 0 Å². The fourth-order valence-electron chi connectivity index (χ4n) is 2.24. The molecule has 1 aromatic rings. The smallest absolute Gasteiger partial charge is 0.189 e. The summed E-state index contributed by atoms with van der Waals surface area (Å²) in [7, 11) is 0. The molecule has 0 aromatic heterocycles. The Bertz CT molecular complexity index is 468. The van der Waals surface area contributed by atoms with E-state index >= 15 is 0 Å². The summed E-state index contributed by atoms with van der Waals surface area (Å²) in [4.78, 5) is 4.46. The summed E-state index contributed by atoms with van der Waals surface area (Å²) in [6.45, 7) is 7.66. The fourth-order valence-corrected chi connectivity index (χ4v) is 2.24. The van der Waals surface area contributed by atoms with Crippen LogP contribution in [0.2, 0.25) is 0 Å². The van der Waals surface area contributed by atoms with Gasteiger partial charge >= 0.3 is 0 Å². The SMILES string of the molecule is CC(C)(C)NC(N)=NCC1CCOc2ccccc21.I. The monoisotopic (exact) mass is 389 g/mol. The number of nitrogens with two attached hydrogens (primary N) is 1. The van der Waals surface area contributed by atoms with E-state index in [9.17, 15) is 0 Å². The van der Waals surface area contributed by atoms with Crippen LogP contribution >= 0.6 is 24.0 Å². The van der Waals surface area contributed by atoms with Gasteiger partial charge in [0.15, 0.2) is 5.96 Å². The van der Waals surface area contributed by atoms with E-state index in [0.717, 1.165) is 18.8 Å². The van der Waals surface area contributed by atoms with E-state index in [4.69, 9.17) is 10.5 Å². The Morgan fingerprint density at radius 2 is 2.10 bits per heavy atom. The van der Waals surface area contributed by atoms with E-state index in [1.807, 2.05) is 18.2 Å². The molecule has 3 N–H and O–H groups in total. The van der Waals surface area contributed by atoms with Crippen molar-refractivity contribution in [3.05, 3.63) is 29.8 Å². The number of benzene rings is 1. The van der Waals surface area contributed by atoms with Crippen molar-refractivity contribution in [3.63, 3.8) is 0 Å². The van der Waals surface area contributed by atoms with Crippen LogP contribution in [0.4, 0.5) is 0 Å². The maximum Gasteiger partial charge on any atom is 0.189 e. The minimum atomic E-state index is -0.0544. The molecule has 0 saturated heterocycles. The summed E-state index contributed by atoms with van der Waals surface area (Å²) in [6.07, 6.45) is 0.989. The molecule has 0 aliphatic carbocycles. The lowest BCUT2D eigenvalue weighted by atomic mass is 9.93. The lowest BCUT2D eigenvalue weighted by molar-refractivity contribution is 0.269. The van der Waals surface area contributed by atoms with Crippen molar-refractivity contribution in [1.29, 1.82) is 0 Å². The van der Waals surface area contributed by atoms with E-state index in [-0.39, 0.29) is 29.5 Å². The second-order valence-corrected chi connectivity index (χ2v) is 5.97. The second kappa shape index (κ2) is 7.15. The first-order valence-corrected chi connectivity index (χ1v) is 6.75. The highest BCUT2D eigenvalue weighted by Gasteiger charge is 2.20. The van der Waals surface area contributed by atoms with Gasteiger partial charge in [0.05, 0.1) is 6.61 Å². The maximum atomic E-state index is 5.90. The molecule has 0 amide bonds. The number of halogens is 1. The largest absolute Gasteiger partial charge is 0.493 e. The van der Waals surface area contributed by atoms with Crippen molar-refractivity contribution in [2.75, 3.05) is 13.2 Å². The summed E-state index contributed by atoms with van der Waals surface area (Å²) in [6, 6.07) is 8.17. The molecule has 0 fully saturated rings. The number of aliphatic imine (C=N–C) groups is 1. The Labute approximate surface area is 138 Å². The van der Waals surface area contributed by atoms with Crippen LogP contribution in [0.5, 0.6) is 5.75 Å². The molecule has 2 rings (SSSR count). The number of hydrogen-bond donors (Lipinski definition) is 2. The molecule has 5 heteroatoms. The summed E-state index contributed by atoms with van der Waals surface area (Å²) in [5.41, 5.74) is 7.09. The van der Waals surface area contributed by atoms with Gasteiger partial charge in [0.25, 0.3) is 0 Å². The molecule has 1 aliphatic heterocycles. The molecule has 1 heterocycles. The molecule has 0 bridgehead atoms. The van der Waals surface area contributed by atoms with E-state index in [1.165, 1.54) is 5.56 Å². The Morgan fingerprint density at radius 1 is 1.40 bits per heavy atom. The van der Waals surface area contributed by atoms with Crippen LogP contribution in [-0.4, -0.2) is 24.7 Å².